The molecule has 3 rings (SSSR count). The van der Waals surface area contributed by atoms with E-state index >= 15 is 0 Å². The summed E-state index contributed by atoms with van der Waals surface area (Å²) in [7, 11) is -3.58. The second-order valence-corrected chi connectivity index (χ2v) is 10.8. The molecule has 156 valence electrons. The molecule has 0 aromatic heterocycles. The Labute approximate surface area is 180 Å². The fraction of sp³-hybridized carbons (Fsp3) is 0.381. The third kappa shape index (κ3) is 5.51. The zero-order valence-electron chi connectivity index (χ0n) is 16.7. The number of carbonyl (C=O) groups excluding carboxylic acids is 1. The zero-order chi connectivity index (χ0) is 21.2. The van der Waals surface area contributed by atoms with Crippen LogP contribution in [0.3, 0.4) is 0 Å². The SMILES string of the molecule is CC(C)(C)OC(=O)NC1CCN(S(=O)(=O)Cc2ccccc2)c2cc(Br)ccc21. The van der Waals surface area contributed by atoms with Gasteiger partial charge in [-0.05, 0) is 50.5 Å². The average molecular weight is 481 g/mol. The van der Waals surface area contributed by atoms with Gasteiger partial charge in [-0.3, -0.25) is 4.31 Å². The molecule has 0 saturated heterocycles. The van der Waals surface area contributed by atoms with Crippen molar-refractivity contribution >= 4 is 37.7 Å². The Balaban J connectivity index is 1.88. The molecule has 1 heterocycles. The summed E-state index contributed by atoms with van der Waals surface area (Å²) >= 11 is 3.43. The Morgan fingerprint density at radius 3 is 2.55 bits per heavy atom. The zero-order valence-corrected chi connectivity index (χ0v) is 19.1. The highest BCUT2D eigenvalue weighted by molar-refractivity contribution is 9.10. The first kappa shape index (κ1) is 21.6. The molecule has 1 atom stereocenters. The molecule has 1 aliphatic heterocycles. The van der Waals surface area contributed by atoms with Gasteiger partial charge in [0.25, 0.3) is 0 Å². The molecule has 0 spiro atoms. The lowest BCUT2D eigenvalue weighted by atomic mass is 9.98. The molecule has 29 heavy (non-hydrogen) atoms. The van der Waals surface area contributed by atoms with Crippen LogP contribution in [0.15, 0.2) is 53.0 Å². The summed E-state index contributed by atoms with van der Waals surface area (Å²) in [5.41, 5.74) is 1.45. The highest BCUT2D eigenvalue weighted by Crippen LogP contribution is 2.38. The van der Waals surface area contributed by atoms with Crippen LogP contribution in [0.25, 0.3) is 0 Å². The van der Waals surface area contributed by atoms with Crippen LogP contribution in [0.5, 0.6) is 0 Å². The molecule has 2 aromatic rings. The first-order chi connectivity index (χ1) is 13.5. The van der Waals surface area contributed by atoms with Crippen LogP contribution in [0.2, 0.25) is 0 Å². The van der Waals surface area contributed by atoms with E-state index in [-0.39, 0.29) is 18.3 Å². The normalized spacial score (nSPS) is 16.8. The van der Waals surface area contributed by atoms with Gasteiger partial charge >= 0.3 is 6.09 Å². The number of alkyl carbamates (subject to hydrolysis) is 1. The van der Waals surface area contributed by atoms with E-state index in [4.69, 9.17) is 4.74 Å². The van der Waals surface area contributed by atoms with E-state index in [1.807, 2.05) is 30.3 Å². The van der Waals surface area contributed by atoms with E-state index in [0.29, 0.717) is 12.1 Å². The molecule has 1 N–H and O–H groups in total. The monoisotopic (exact) mass is 480 g/mol. The standard InChI is InChI=1S/C21H25BrN2O4S/c1-21(2,3)28-20(25)23-18-11-12-24(19-13-16(22)9-10-17(18)19)29(26,27)14-15-7-5-4-6-8-15/h4-10,13,18H,11-12,14H2,1-3H3,(H,23,25). The van der Waals surface area contributed by atoms with E-state index in [9.17, 15) is 13.2 Å². The molecule has 0 saturated carbocycles. The smallest absolute Gasteiger partial charge is 0.408 e. The van der Waals surface area contributed by atoms with Crippen LogP contribution in [0.1, 0.15) is 44.4 Å². The first-order valence-electron chi connectivity index (χ1n) is 9.38. The molecule has 0 fully saturated rings. The Bertz CT molecular complexity index is 987. The van der Waals surface area contributed by atoms with Crippen LogP contribution in [-0.4, -0.2) is 26.7 Å². The van der Waals surface area contributed by atoms with E-state index in [2.05, 4.69) is 21.2 Å². The number of nitrogens with zero attached hydrogens (tertiary/aromatic N) is 1. The largest absolute Gasteiger partial charge is 0.444 e. The number of nitrogens with one attached hydrogen (secondary N) is 1. The first-order valence-corrected chi connectivity index (χ1v) is 11.8. The molecule has 0 aliphatic carbocycles. The summed E-state index contributed by atoms with van der Waals surface area (Å²) in [6, 6.07) is 14.3. The Morgan fingerprint density at radius 2 is 1.90 bits per heavy atom. The van der Waals surface area contributed by atoms with Gasteiger partial charge in [-0.1, -0.05) is 52.3 Å². The summed E-state index contributed by atoms with van der Waals surface area (Å²) in [6.07, 6.45) is -0.0565. The van der Waals surface area contributed by atoms with Crippen molar-refractivity contribution in [3.8, 4) is 0 Å². The van der Waals surface area contributed by atoms with Crippen LogP contribution in [0.4, 0.5) is 10.5 Å². The van der Waals surface area contributed by atoms with E-state index in [0.717, 1.165) is 15.6 Å². The number of rotatable bonds is 4. The van der Waals surface area contributed by atoms with Crippen molar-refractivity contribution < 1.29 is 17.9 Å². The minimum absolute atomic E-state index is 0.0794. The molecule has 1 aliphatic rings. The van der Waals surface area contributed by atoms with Crippen LogP contribution < -0.4 is 9.62 Å². The fourth-order valence-corrected chi connectivity index (χ4v) is 5.26. The van der Waals surface area contributed by atoms with Gasteiger partial charge in [0, 0.05) is 11.0 Å². The average Bonchev–Trinajstić information content (AvgIpc) is 2.60. The number of hydrogen-bond donors (Lipinski definition) is 1. The van der Waals surface area contributed by atoms with Gasteiger partial charge in [-0.25, -0.2) is 13.2 Å². The van der Waals surface area contributed by atoms with Gasteiger partial charge in [-0.2, -0.15) is 0 Å². The van der Waals surface area contributed by atoms with Crippen molar-refractivity contribution in [3.63, 3.8) is 0 Å². The molecule has 6 nitrogen and oxygen atoms in total. The van der Waals surface area contributed by atoms with Gasteiger partial charge in [0.1, 0.15) is 5.60 Å². The van der Waals surface area contributed by atoms with Gasteiger partial charge < -0.3 is 10.1 Å². The van der Waals surface area contributed by atoms with Crippen LogP contribution in [-0.2, 0) is 20.5 Å². The van der Waals surface area contributed by atoms with Crippen molar-refractivity contribution in [2.45, 2.75) is 44.6 Å². The Hall–Kier alpha value is -2.06. The van der Waals surface area contributed by atoms with E-state index in [1.165, 1.54) is 4.31 Å². The number of benzene rings is 2. The molecule has 2 aromatic carbocycles. The van der Waals surface area contributed by atoms with Gasteiger partial charge in [-0.15, -0.1) is 0 Å². The topological polar surface area (TPSA) is 75.7 Å². The Morgan fingerprint density at radius 1 is 1.21 bits per heavy atom. The molecule has 0 radical (unpaired) electrons. The lowest BCUT2D eigenvalue weighted by molar-refractivity contribution is 0.0501. The maximum Gasteiger partial charge on any atom is 0.408 e. The lowest BCUT2D eigenvalue weighted by Crippen LogP contribution is -2.42. The number of carbonyl (C=O) groups is 1. The van der Waals surface area contributed by atoms with Crippen molar-refractivity contribution in [1.82, 2.24) is 5.32 Å². The number of sulfonamides is 1. The number of halogens is 1. The van der Waals surface area contributed by atoms with Crippen LogP contribution >= 0.6 is 15.9 Å². The fourth-order valence-electron chi connectivity index (χ4n) is 3.30. The van der Waals surface area contributed by atoms with Crippen LogP contribution in [0, 0.1) is 0 Å². The maximum atomic E-state index is 13.1. The van der Waals surface area contributed by atoms with Gasteiger partial charge in [0.05, 0.1) is 17.5 Å². The molecule has 1 amide bonds. The number of hydrogen-bond acceptors (Lipinski definition) is 4. The van der Waals surface area contributed by atoms with Crippen molar-refractivity contribution in [3.05, 3.63) is 64.1 Å². The van der Waals surface area contributed by atoms with E-state index < -0.39 is 21.7 Å². The summed E-state index contributed by atoms with van der Waals surface area (Å²) in [4.78, 5) is 12.2. The number of anilines is 1. The van der Waals surface area contributed by atoms with Crippen molar-refractivity contribution in [1.29, 1.82) is 0 Å². The second kappa shape index (κ2) is 8.36. The molecule has 0 bridgehead atoms. The predicted molar refractivity (Wildman–Crippen MR) is 117 cm³/mol. The third-order valence-corrected chi connectivity index (χ3v) is 6.72. The summed E-state index contributed by atoms with van der Waals surface area (Å²) in [5, 5.41) is 2.87. The maximum absolute atomic E-state index is 13.1. The van der Waals surface area contributed by atoms with Gasteiger partial charge in [0.2, 0.25) is 10.0 Å². The van der Waals surface area contributed by atoms with Gasteiger partial charge in [0.15, 0.2) is 0 Å². The quantitative estimate of drug-likeness (QED) is 0.684. The summed E-state index contributed by atoms with van der Waals surface area (Å²) < 4.78 is 33.9. The molecule has 8 heteroatoms. The number of ether oxygens (including phenoxy) is 1. The summed E-state index contributed by atoms with van der Waals surface area (Å²) in [6.45, 7) is 5.68. The Kier molecular flexibility index (Phi) is 6.24. The second-order valence-electron chi connectivity index (χ2n) is 8.00. The molecular weight excluding hydrogens is 456 g/mol. The minimum Gasteiger partial charge on any atom is -0.444 e. The van der Waals surface area contributed by atoms with Crippen molar-refractivity contribution in [2.24, 2.45) is 0 Å². The van der Waals surface area contributed by atoms with E-state index in [1.54, 1.807) is 39.0 Å². The number of amides is 1. The predicted octanol–water partition coefficient (Wildman–Crippen LogP) is 4.76. The highest BCUT2D eigenvalue weighted by Gasteiger charge is 2.33. The molecule has 1 unspecified atom stereocenters. The third-order valence-electron chi connectivity index (χ3n) is 4.48. The highest BCUT2D eigenvalue weighted by atomic mass is 79.9. The van der Waals surface area contributed by atoms with Crippen molar-refractivity contribution in [2.75, 3.05) is 10.8 Å². The summed E-state index contributed by atoms with van der Waals surface area (Å²) in [5.74, 6) is -0.0794. The minimum atomic E-state index is -3.58. The lowest BCUT2D eigenvalue weighted by Gasteiger charge is -2.35. The number of fused-ring (bicyclic) bond motifs is 1. The molecular formula is C21H25BrN2O4S.